The first-order chi connectivity index (χ1) is 12.2. The molecule has 25 heavy (non-hydrogen) atoms. The Kier molecular flexibility index (Phi) is 4.05. The second-order valence-electron chi connectivity index (χ2n) is 6.60. The van der Waals surface area contributed by atoms with E-state index in [1.807, 2.05) is 36.1 Å². The Bertz CT molecular complexity index is 895. The van der Waals surface area contributed by atoms with Gasteiger partial charge in [-0.15, -0.1) is 0 Å². The molecule has 0 aliphatic carbocycles. The van der Waals surface area contributed by atoms with E-state index < -0.39 is 0 Å². The lowest BCUT2D eigenvalue weighted by Crippen LogP contribution is -2.30. The lowest BCUT2D eigenvalue weighted by atomic mass is 10.0. The van der Waals surface area contributed by atoms with Crippen molar-refractivity contribution < 1.29 is 4.74 Å². The van der Waals surface area contributed by atoms with Gasteiger partial charge in [0.15, 0.2) is 0 Å². The molecule has 130 valence electrons. The summed E-state index contributed by atoms with van der Waals surface area (Å²) >= 11 is 0. The van der Waals surface area contributed by atoms with E-state index in [2.05, 4.69) is 33.2 Å². The molecule has 4 rings (SSSR count). The number of benzene rings is 1. The van der Waals surface area contributed by atoms with E-state index >= 15 is 0 Å². The molecule has 0 fully saturated rings. The summed E-state index contributed by atoms with van der Waals surface area (Å²) in [7, 11) is 3.68. The van der Waals surface area contributed by atoms with E-state index in [1.54, 1.807) is 7.11 Å². The van der Waals surface area contributed by atoms with Gasteiger partial charge in [-0.25, -0.2) is 0 Å². The van der Waals surface area contributed by atoms with Gasteiger partial charge in [0, 0.05) is 61.2 Å². The molecule has 0 amide bonds. The van der Waals surface area contributed by atoms with Crippen LogP contribution in [0.15, 0.2) is 30.5 Å². The van der Waals surface area contributed by atoms with E-state index in [1.165, 1.54) is 22.5 Å². The highest BCUT2D eigenvalue weighted by Gasteiger charge is 2.23. The molecule has 3 heterocycles. The monoisotopic (exact) mass is 337 g/mol. The summed E-state index contributed by atoms with van der Waals surface area (Å²) in [6.07, 6.45) is 2.97. The molecule has 1 aliphatic rings. The standard InChI is InChI=1S/C19H23N5O/c1-13-15(10-20-23(13)2)11-24-8-7-18-17(12-24)19(22-21-18)14-5-4-6-16(9-14)25-3/h4-6,9-10H,7-8,11-12H2,1-3H3,(H,21,22). The Balaban J connectivity index is 1.60. The third-order valence-electron chi connectivity index (χ3n) is 5.09. The van der Waals surface area contributed by atoms with Crippen molar-refractivity contribution in [3.63, 3.8) is 0 Å². The number of aryl methyl sites for hydroxylation is 1. The molecule has 2 aromatic heterocycles. The molecule has 0 bridgehead atoms. The third-order valence-corrected chi connectivity index (χ3v) is 5.09. The first kappa shape index (κ1) is 15.9. The number of fused-ring (bicyclic) bond motifs is 1. The molecular formula is C19H23N5O. The molecule has 1 N–H and O–H groups in total. The van der Waals surface area contributed by atoms with Crippen LogP contribution >= 0.6 is 0 Å². The maximum Gasteiger partial charge on any atom is 0.119 e. The van der Waals surface area contributed by atoms with Crippen LogP contribution in [0.25, 0.3) is 11.3 Å². The molecule has 6 nitrogen and oxygen atoms in total. The number of H-pyrrole nitrogens is 1. The molecule has 0 radical (unpaired) electrons. The number of aromatic nitrogens is 4. The second kappa shape index (κ2) is 6.37. The highest BCUT2D eigenvalue weighted by molar-refractivity contribution is 5.65. The van der Waals surface area contributed by atoms with Gasteiger partial charge in [0.1, 0.15) is 5.75 Å². The maximum atomic E-state index is 5.35. The fourth-order valence-electron chi connectivity index (χ4n) is 3.44. The normalized spacial score (nSPS) is 14.5. The van der Waals surface area contributed by atoms with Gasteiger partial charge in [0.25, 0.3) is 0 Å². The van der Waals surface area contributed by atoms with Crippen molar-refractivity contribution in [3.05, 3.63) is 53.0 Å². The van der Waals surface area contributed by atoms with Gasteiger partial charge in [0.05, 0.1) is 19.0 Å². The van der Waals surface area contributed by atoms with Crippen LogP contribution in [-0.2, 0) is 26.6 Å². The van der Waals surface area contributed by atoms with Gasteiger partial charge in [-0.1, -0.05) is 12.1 Å². The largest absolute Gasteiger partial charge is 0.497 e. The van der Waals surface area contributed by atoms with E-state index in [-0.39, 0.29) is 0 Å². The number of hydrogen-bond donors (Lipinski definition) is 1. The highest BCUT2D eigenvalue weighted by Crippen LogP contribution is 2.30. The summed E-state index contributed by atoms with van der Waals surface area (Å²) in [4.78, 5) is 2.46. The second-order valence-corrected chi connectivity index (χ2v) is 6.60. The first-order valence-electron chi connectivity index (χ1n) is 8.56. The minimum Gasteiger partial charge on any atom is -0.497 e. The Labute approximate surface area is 147 Å². The predicted octanol–water partition coefficient (Wildman–Crippen LogP) is 2.69. The van der Waals surface area contributed by atoms with Gasteiger partial charge in [-0.05, 0) is 19.1 Å². The van der Waals surface area contributed by atoms with Crippen molar-refractivity contribution in [1.29, 1.82) is 0 Å². The number of methoxy groups -OCH3 is 1. The van der Waals surface area contributed by atoms with Gasteiger partial charge in [-0.3, -0.25) is 14.7 Å². The number of nitrogens with zero attached hydrogens (tertiary/aromatic N) is 4. The minimum absolute atomic E-state index is 0.855. The van der Waals surface area contributed by atoms with E-state index in [0.717, 1.165) is 43.1 Å². The lowest BCUT2D eigenvalue weighted by Gasteiger charge is -2.27. The molecule has 1 aromatic carbocycles. The average Bonchev–Trinajstić information content (AvgIpc) is 3.20. The number of rotatable bonds is 4. The van der Waals surface area contributed by atoms with E-state index in [4.69, 9.17) is 4.74 Å². The summed E-state index contributed by atoms with van der Waals surface area (Å²) in [6.45, 7) is 4.97. The van der Waals surface area contributed by atoms with Crippen molar-refractivity contribution in [3.8, 4) is 17.0 Å². The molecule has 0 unspecified atom stereocenters. The van der Waals surface area contributed by atoms with Crippen LogP contribution < -0.4 is 4.74 Å². The fraction of sp³-hybridized carbons (Fsp3) is 0.368. The predicted molar refractivity (Wildman–Crippen MR) is 96.3 cm³/mol. The molecule has 6 heteroatoms. The molecule has 0 spiro atoms. The van der Waals surface area contributed by atoms with Gasteiger partial charge in [0.2, 0.25) is 0 Å². The van der Waals surface area contributed by atoms with Crippen LogP contribution in [0.5, 0.6) is 5.75 Å². The fourth-order valence-corrected chi connectivity index (χ4v) is 3.44. The number of ether oxygens (including phenoxy) is 1. The topological polar surface area (TPSA) is 59.0 Å². The van der Waals surface area contributed by atoms with Crippen LogP contribution in [0.3, 0.4) is 0 Å². The summed E-state index contributed by atoms with van der Waals surface area (Å²) in [6, 6.07) is 8.10. The van der Waals surface area contributed by atoms with Crippen LogP contribution in [-0.4, -0.2) is 38.5 Å². The average molecular weight is 337 g/mol. The minimum atomic E-state index is 0.855. The zero-order valence-corrected chi connectivity index (χ0v) is 14.9. The first-order valence-corrected chi connectivity index (χ1v) is 8.56. The third kappa shape index (κ3) is 2.93. The molecular weight excluding hydrogens is 314 g/mol. The highest BCUT2D eigenvalue weighted by atomic mass is 16.5. The van der Waals surface area contributed by atoms with Gasteiger partial charge >= 0.3 is 0 Å². The number of nitrogens with one attached hydrogen (secondary N) is 1. The van der Waals surface area contributed by atoms with Gasteiger partial charge < -0.3 is 4.74 Å². The molecule has 0 saturated carbocycles. The van der Waals surface area contributed by atoms with Crippen molar-refractivity contribution in [2.75, 3.05) is 13.7 Å². The Morgan fingerprint density at radius 2 is 2.20 bits per heavy atom. The maximum absolute atomic E-state index is 5.35. The van der Waals surface area contributed by atoms with E-state index in [9.17, 15) is 0 Å². The molecule has 0 saturated heterocycles. The smallest absolute Gasteiger partial charge is 0.119 e. The summed E-state index contributed by atoms with van der Waals surface area (Å²) in [5.74, 6) is 0.855. The zero-order valence-electron chi connectivity index (χ0n) is 14.9. The Morgan fingerprint density at radius 1 is 1.32 bits per heavy atom. The number of hydrogen-bond acceptors (Lipinski definition) is 4. The molecule has 1 aliphatic heterocycles. The summed E-state index contributed by atoms with van der Waals surface area (Å²) < 4.78 is 7.29. The molecule has 3 aromatic rings. The van der Waals surface area contributed by atoms with Crippen molar-refractivity contribution in [2.45, 2.75) is 26.4 Å². The molecule has 0 atom stereocenters. The zero-order chi connectivity index (χ0) is 17.4. The summed E-state index contributed by atoms with van der Waals surface area (Å²) in [5.41, 5.74) is 7.18. The van der Waals surface area contributed by atoms with E-state index in [0.29, 0.717) is 0 Å². The SMILES string of the molecule is COc1cccc(-c2n[nH]c3c2CN(Cc2cnn(C)c2C)CC3)c1. The van der Waals surface area contributed by atoms with Crippen LogP contribution in [0.2, 0.25) is 0 Å². The van der Waals surface area contributed by atoms with Crippen molar-refractivity contribution in [2.24, 2.45) is 7.05 Å². The van der Waals surface area contributed by atoms with Crippen LogP contribution in [0, 0.1) is 6.92 Å². The van der Waals surface area contributed by atoms with Crippen molar-refractivity contribution >= 4 is 0 Å². The van der Waals surface area contributed by atoms with Gasteiger partial charge in [-0.2, -0.15) is 10.2 Å². The van der Waals surface area contributed by atoms with Crippen LogP contribution in [0.4, 0.5) is 0 Å². The quantitative estimate of drug-likeness (QED) is 0.795. The lowest BCUT2D eigenvalue weighted by molar-refractivity contribution is 0.244. The summed E-state index contributed by atoms with van der Waals surface area (Å²) in [5, 5.41) is 12.2. The Morgan fingerprint density at radius 3 is 2.96 bits per heavy atom. The Hall–Kier alpha value is -2.60. The van der Waals surface area contributed by atoms with Crippen molar-refractivity contribution in [1.82, 2.24) is 24.9 Å². The number of aromatic amines is 1. The van der Waals surface area contributed by atoms with Crippen LogP contribution in [0.1, 0.15) is 22.5 Å².